The van der Waals surface area contributed by atoms with E-state index in [4.69, 9.17) is 0 Å². The van der Waals surface area contributed by atoms with Gasteiger partial charge in [-0.15, -0.1) is 0 Å². The van der Waals surface area contributed by atoms with Gasteiger partial charge in [0.1, 0.15) is 10.5 Å². The van der Waals surface area contributed by atoms with Crippen LogP contribution in [0.15, 0.2) is 0 Å². The zero-order valence-corrected chi connectivity index (χ0v) is 11.4. The largest absolute Gasteiger partial charge is 0.428 e. The van der Waals surface area contributed by atoms with Crippen LogP contribution in [0.1, 0.15) is 20.8 Å². The first-order valence-electron chi connectivity index (χ1n) is 3.67. The zero-order valence-electron chi connectivity index (χ0n) is 7.40. The minimum atomic E-state index is 0.881. The highest BCUT2D eigenvalue weighted by Gasteiger charge is 1.80. The van der Waals surface area contributed by atoms with Crippen molar-refractivity contribution in [1.29, 1.82) is 0 Å². The lowest BCUT2D eigenvalue weighted by Crippen LogP contribution is -1.80. The van der Waals surface area contributed by atoms with Crippen LogP contribution in [0.4, 0.5) is 0 Å². The summed E-state index contributed by atoms with van der Waals surface area (Å²) in [6.07, 6.45) is 0. The summed E-state index contributed by atoms with van der Waals surface area (Å²) in [6, 6.07) is 1.44. The van der Waals surface area contributed by atoms with Crippen LogP contribution in [0.25, 0.3) is 0 Å². The summed E-state index contributed by atoms with van der Waals surface area (Å²) in [6.45, 7) is 7.39. The maximum absolute atomic E-state index is 4.68. The van der Waals surface area contributed by atoms with E-state index in [2.05, 4.69) is 18.3 Å². The molecule has 0 unspecified atom stereocenters. The van der Waals surface area contributed by atoms with Crippen LogP contribution >= 0.6 is 0 Å². The summed E-state index contributed by atoms with van der Waals surface area (Å²) >= 11 is 0. The van der Waals surface area contributed by atoms with Gasteiger partial charge in [-0.3, -0.25) is 0 Å². The minimum Gasteiger partial charge on any atom is -0.428 e. The second kappa shape index (κ2) is 11.2. The summed E-state index contributed by atoms with van der Waals surface area (Å²) in [5.74, 6) is 0.946. The van der Waals surface area contributed by atoms with Gasteiger partial charge in [0, 0.05) is 16.8 Å². The van der Waals surface area contributed by atoms with Crippen molar-refractivity contribution >= 4 is 20.7 Å². The Bertz CT molecular complexity index is 38.0. The first-order chi connectivity index (χ1) is 4.18. The molecule has 0 spiro atoms. The maximum atomic E-state index is 4.68. The lowest BCUT2D eigenvalue weighted by molar-refractivity contribution is 0.375. The van der Waals surface area contributed by atoms with Crippen LogP contribution in [0.3, 0.4) is 0 Å². The van der Waals surface area contributed by atoms with Gasteiger partial charge in [0.05, 0.1) is 0 Å². The Morgan fingerprint density at radius 2 is 1.67 bits per heavy atom. The highest BCUT2D eigenvalue weighted by Crippen LogP contribution is 1.92. The quantitative estimate of drug-likeness (QED) is 0.511. The average molecular weight is 164 g/mol. The fraction of sp³-hybridized carbons (Fsp3) is 1.00. The standard InChI is InChI=1S/C4H12Si.C2H8OSi/c1-4(2)3-5;1-2-3-4/h4H,3H2,1-2,5H3;2H2,1,4H3. The minimum absolute atomic E-state index is 0.881. The Morgan fingerprint density at radius 1 is 1.44 bits per heavy atom. The molecule has 1 nitrogen and oxygen atoms in total. The number of hydrogen-bond acceptors (Lipinski definition) is 1. The van der Waals surface area contributed by atoms with E-state index in [0.717, 1.165) is 23.0 Å². The fourth-order valence-corrected chi connectivity index (χ4v) is 0. The van der Waals surface area contributed by atoms with Gasteiger partial charge in [-0.2, -0.15) is 0 Å². The van der Waals surface area contributed by atoms with Crippen molar-refractivity contribution in [3.63, 3.8) is 0 Å². The molecule has 0 heterocycles. The van der Waals surface area contributed by atoms with Gasteiger partial charge in [0.2, 0.25) is 0 Å². The molecule has 0 aromatic rings. The molecule has 0 saturated heterocycles. The Labute approximate surface area is 65.1 Å². The van der Waals surface area contributed by atoms with Crippen molar-refractivity contribution in [2.24, 2.45) is 5.92 Å². The summed E-state index contributed by atoms with van der Waals surface area (Å²) in [5.41, 5.74) is 0. The molecule has 0 amide bonds. The van der Waals surface area contributed by atoms with Crippen molar-refractivity contribution in [2.45, 2.75) is 26.8 Å². The highest BCUT2D eigenvalue weighted by molar-refractivity contribution is 6.08. The monoisotopic (exact) mass is 164 g/mol. The molecule has 0 aliphatic rings. The van der Waals surface area contributed by atoms with Crippen molar-refractivity contribution in [3.8, 4) is 0 Å². The van der Waals surface area contributed by atoms with E-state index >= 15 is 0 Å². The van der Waals surface area contributed by atoms with Gasteiger partial charge in [-0.05, 0) is 6.92 Å². The van der Waals surface area contributed by atoms with Crippen molar-refractivity contribution in [2.75, 3.05) is 6.61 Å². The third kappa shape index (κ3) is 29.8. The van der Waals surface area contributed by atoms with E-state index < -0.39 is 0 Å². The molecule has 0 N–H and O–H groups in total. The number of hydrogen-bond donors (Lipinski definition) is 0. The highest BCUT2D eigenvalue weighted by atomic mass is 28.2. The van der Waals surface area contributed by atoms with Crippen molar-refractivity contribution in [1.82, 2.24) is 0 Å². The molecule has 9 heavy (non-hydrogen) atoms. The third-order valence-electron chi connectivity index (χ3n) is 1.11. The molecule has 0 aliphatic carbocycles. The summed E-state index contributed by atoms with van der Waals surface area (Å²) in [7, 11) is 2.26. The second-order valence-electron chi connectivity index (χ2n) is 2.38. The molecule has 0 saturated carbocycles. The van der Waals surface area contributed by atoms with Crippen LogP contribution in [0.5, 0.6) is 0 Å². The van der Waals surface area contributed by atoms with Gasteiger partial charge in [0.15, 0.2) is 0 Å². The molecule has 0 bridgehead atoms. The molecular formula is C6H20OSi2. The van der Waals surface area contributed by atoms with Gasteiger partial charge >= 0.3 is 0 Å². The van der Waals surface area contributed by atoms with Gasteiger partial charge in [-0.1, -0.05) is 25.8 Å². The molecule has 0 fully saturated rings. The van der Waals surface area contributed by atoms with Crippen LogP contribution in [0.2, 0.25) is 6.04 Å². The average Bonchev–Trinajstić information content (AvgIpc) is 1.89. The van der Waals surface area contributed by atoms with E-state index in [1.807, 2.05) is 6.92 Å². The summed E-state index contributed by atoms with van der Waals surface area (Å²) < 4.78 is 4.68. The van der Waals surface area contributed by atoms with Crippen molar-refractivity contribution < 1.29 is 4.43 Å². The van der Waals surface area contributed by atoms with Crippen LogP contribution in [-0.2, 0) is 4.43 Å². The molecule has 0 rings (SSSR count). The van der Waals surface area contributed by atoms with Crippen LogP contribution in [-0.4, -0.2) is 27.3 Å². The lowest BCUT2D eigenvalue weighted by atomic mass is 10.3. The molecule has 0 aliphatic heterocycles. The molecule has 0 aromatic heterocycles. The van der Waals surface area contributed by atoms with E-state index in [0.29, 0.717) is 0 Å². The third-order valence-corrected chi connectivity index (χ3v) is 3.32. The fourth-order valence-electron chi connectivity index (χ4n) is 0. The first-order valence-corrected chi connectivity index (χ1v) is 5.90. The Kier molecular flexibility index (Phi) is 15.1. The first kappa shape index (κ1) is 12.1. The molecule has 58 valence electrons. The Hall–Kier alpha value is 0.394. The predicted octanol–water partition coefficient (Wildman–Crippen LogP) is -0.271. The second-order valence-corrected chi connectivity index (χ2v) is 3.77. The van der Waals surface area contributed by atoms with Crippen LogP contribution in [0, 0.1) is 5.92 Å². The van der Waals surface area contributed by atoms with E-state index in [1.54, 1.807) is 0 Å². The Balaban J connectivity index is 0. The normalized spacial score (nSPS) is 9.33. The van der Waals surface area contributed by atoms with E-state index in [-0.39, 0.29) is 0 Å². The topological polar surface area (TPSA) is 9.23 Å². The van der Waals surface area contributed by atoms with Gasteiger partial charge in [-0.25, -0.2) is 0 Å². The maximum Gasteiger partial charge on any atom is 0.145 e. The molecule has 0 radical (unpaired) electrons. The zero-order chi connectivity index (χ0) is 7.70. The van der Waals surface area contributed by atoms with Crippen molar-refractivity contribution in [3.05, 3.63) is 0 Å². The molecule has 3 heteroatoms. The smallest absolute Gasteiger partial charge is 0.145 e. The molecule has 0 aromatic carbocycles. The summed E-state index contributed by atoms with van der Waals surface area (Å²) in [5, 5.41) is 0. The van der Waals surface area contributed by atoms with Gasteiger partial charge in [0.25, 0.3) is 0 Å². The van der Waals surface area contributed by atoms with E-state index in [1.165, 1.54) is 16.3 Å². The Morgan fingerprint density at radius 3 is 1.67 bits per heavy atom. The van der Waals surface area contributed by atoms with E-state index in [9.17, 15) is 0 Å². The predicted molar refractivity (Wildman–Crippen MR) is 51.1 cm³/mol. The molecular weight excluding hydrogens is 144 g/mol. The van der Waals surface area contributed by atoms with Crippen LogP contribution < -0.4 is 0 Å². The lowest BCUT2D eigenvalue weighted by Gasteiger charge is -1.90. The molecule has 0 atom stereocenters. The van der Waals surface area contributed by atoms with Gasteiger partial charge < -0.3 is 4.43 Å². The number of rotatable bonds is 2. The SMILES string of the molecule is CC(C)C[SiH3].CCO[SiH3]. The summed E-state index contributed by atoms with van der Waals surface area (Å²) in [4.78, 5) is 0.